The van der Waals surface area contributed by atoms with Crippen LogP contribution in [0.25, 0.3) is 0 Å². The molecule has 0 atom stereocenters. The molecule has 1 heterocycles. The van der Waals surface area contributed by atoms with Gasteiger partial charge in [-0.05, 0) is 62.2 Å². The highest BCUT2D eigenvalue weighted by Gasteiger charge is 2.15. The van der Waals surface area contributed by atoms with Crippen LogP contribution >= 0.6 is 0 Å². The van der Waals surface area contributed by atoms with Crippen molar-refractivity contribution in [3.8, 4) is 5.75 Å². The molecule has 0 aliphatic carbocycles. The van der Waals surface area contributed by atoms with Crippen molar-refractivity contribution in [2.75, 3.05) is 25.0 Å². The first kappa shape index (κ1) is 16.5. The van der Waals surface area contributed by atoms with E-state index >= 15 is 0 Å². The van der Waals surface area contributed by atoms with Crippen LogP contribution in [0.3, 0.4) is 0 Å². The minimum absolute atomic E-state index is 0.0537. The van der Waals surface area contributed by atoms with Crippen LogP contribution in [-0.4, -0.2) is 30.4 Å². The Morgan fingerprint density at radius 3 is 2.58 bits per heavy atom. The van der Waals surface area contributed by atoms with Gasteiger partial charge < -0.3 is 10.1 Å². The number of ether oxygens (including phenoxy) is 1. The number of amides is 1. The molecule has 1 aliphatic rings. The molecule has 1 fully saturated rings. The van der Waals surface area contributed by atoms with E-state index in [-0.39, 0.29) is 5.91 Å². The molecule has 126 valence electrons. The summed E-state index contributed by atoms with van der Waals surface area (Å²) >= 11 is 0. The molecule has 1 amide bonds. The second-order valence-corrected chi connectivity index (χ2v) is 6.28. The number of hydrogen-bond donors (Lipinski definition) is 1. The van der Waals surface area contributed by atoms with Crippen LogP contribution in [-0.2, 0) is 11.4 Å². The second-order valence-electron chi connectivity index (χ2n) is 6.28. The molecular weight excluding hydrogens is 300 g/mol. The van der Waals surface area contributed by atoms with Crippen molar-refractivity contribution in [2.24, 2.45) is 0 Å². The maximum atomic E-state index is 12.1. The van der Waals surface area contributed by atoms with E-state index in [1.807, 2.05) is 55.5 Å². The fraction of sp³-hybridized carbons (Fsp3) is 0.350. The van der Waals surface area contributed by atoms with Crippen LogP contribution in [0.2, 0.25) is 0 Å². The highest BCUT2D eigenvalue weighted by molar-refractivity contribution is 5.93. The maximum Gasteiger partial charge on any atom is 0.238 e. The number of nitrogens with zero attached hydrogens (tertiary/aromatic N) is 1. The molecule has 0 bridgehead atoms. The molecule has 0 spiro atoms. The van der Waals surface area contributed by atoms with Gasteiger partial charge in [-0.1, -0.05) is 30.3 Å². The van der Waals surface area contributed by atoms with Gasteiger partial charge in [-0.3, -0.25) is 9.69 Å². The third-order valence-electron chi connectivity index (χ3n) is 4.29. The molecule has 2 aromatic carbocycles. The third kappa shape index (κ3) is 4.59. The zero-order valence-corrected chi connectivity index (χ0v) is 14.1. The van der Waals surface area contributed by atoms with Gasteiger partial charge in [0.05, 0.1) is 6.54 Å². The van der Waals surface area contributed by atoms with Crippen molar-refractivity contribution >= 4 is 11.6 Å². The van der Waals surface area contributed by atoms with Gasteiger partial charge in [0.1, 0.15) is 12.4 Å². The van der Waals surface area contributed by atoms with Gasteiger partial charge in [-0.2, -0.15) is 0 Å². The van der Waals surface area contributed by atoms with E-state index in [1.54, 1.807) is 0 Å². The maximum absolute atomic E-state index is 12.1. The van der Waals surface area contributed by atoms with Gasteiger partial charge in [0, 0.05) is 5.69 Å². The number of likely N-dealkylation sites (tertiary alicyclic amines) is 1. The minimum atomic E-state index is 0.0537. The summed E-state index contributed by atoms with van der Waals surface area (Å²) in [5.74, 6) is 0.867. The molecule has 0 radical (unpaired) electrons. The van der Waals surface area contributed by atoms with Gasteiger partial charge in [0.2, 0.25) is 5.91 Å². The number of anilines is 1. The van der Waals surface area contributed by atoms with Crippen molar-refractivity contribution in [2.45, 2.75) is 26.4 Å². The van der Waals surface area contributed by atoms with Crippen LogP contribution in [0.1, 0.15) is 24.0 Å². The van der Waals surface area contributed by atoms with E-state index < -0.39 is 0 Å². The number of benzene rings is 2. The molecule has 4 heteroatoms. The summed E-state index contributed by atoms with van der Waals surface area (Å²) in [6.45, 7) is 5.06. The third-order valence-corrected chi connectivity index (χ3v) is 4.29. The van der Waals surface area contributed by atoms with Crippen molar-refractivity contribution in [3.63, 3.8) is 0 Å². The summed E-state index contributed by atoms with van der Waals surface area (Å²) < 4.78 is 5.82. The Kier molecular flexibility index (Phi) is 5.49. The second kappa shape index (κ2) is 7.97. The minimum Gasteiger partial charge on any atom is -0.489 e. The molecule has 0 aromatic heterocycles. The molecular formula is C20H24N2O2. The lowest BCUT2D eigenvalue weighted by Gasteiger charge is -2.15. The number of carbonyl (C=O) groups excluding carboxylic acids is 1. The predicted octanol–water partition coefficient (Wildman–Crippen LogP) is 3.61. The van der Waals surface area contributed by atoms with E-state index in [0.29, 0.717) is 13.2 Å². The van der Waals surface area contributed by atoms with Crippen LogP contribution in [0.15, 0.2) is 48.5 Å². The first-order valence-electron chi connectivity index (χ1n) is 8.50. The fourth-order valence-corrected chi connectivity index (χ4v) is 2.94. The molecule has 0 saturated carbocycles. The number of nitrogens with one attached hydrogen (secondary N) is 1. The largest absolute Gasteiger partial charge is 0.489 e. The van der Waals surface area contributed by atoms with E-state index in [0.717, 1.165) is 35.7 Å². The highest BCUT2D eigenvalue weighted by Crippen LogP contribution is 2.22. The van der Waals surface area contributed by atoms with Crippen LogP contribution in [0.4, 0.5) is 5.69 Å². The summed E-state index contributed by atoms with van der Waals surface area (Å²) in [5, 5.41) is 3.00. The molecule has 3 rings (SSSR count). The molecule has 2 aromatic rings. The average Bonchev–Trinajstić information content (AvgIpc) is 3.09. The predicted molar refractivity (Wildman–Crippen MR) is 96.3 cm³/mol. The first-order chi connectivity index (χ1) is 11.7. The molecule has 4 nitrogen and oxygen atoms in total. The number of hydrogen-bond acceptors (Lipinski definition) is 3. The smallest absolute Gasteiger partial charge is 0.238 e. The summed E-state index contributed by atoms with van der Waals surface area (Å²) in [7, 11) is 0. The molecule has 1 aliphatic heterocycles. The van der Waals surface area contributed by atoms with Crippen LogP contribution in [0, 0.1) is 6.92 Å². The zero-order chi connectivity index (χ0) is 16.8. The lowest BCUT2D eigenvalue weighted by Crippen LogP contribution is -2.31. The molecule has 1 N–H and O–H groups in total. The van der Waals surface area contributed by atoms with Gasteiger partial charge in [-0.15, -0.1) is 0 Å². The number of aryl methyl sites for hydroxylation is 1. The van der Waals surface area contributed by atoms with E-state index in [1.165, 1.54) is 12.8 Å². The molecule has 24 heavy (non-hydrogen) atoms. The van der Waals surface area contributed by atoms with Crippen LogP contribution < -0.4 is 10.1 Å². The lowest BCUT2D eigenvalue weighted by atomic mass is 10.2. The SMILES string of the molecule is Cc1cc(OCc2ccccc2)ccc1NC(=O)CN1CCCC1. The van der Waals surface area contributed by atoms with Gasteiger partial charge in [0.25, 0.3) is 0 Å². The Labute approximate surface area is 143 Å². The summed E-state index contributed by atoms with van der Waals surface area (Å²) in [4.78, 5) is 14.3. The monoisotopic (exact) mass is 324 g/mol. The summed E-state index contributed by atoms with van der Waals surface area (Å²) in [6.07, 6.45) is 2.39. The average molecular weight is 324 g/mol. The normalized spacial score (nSPS) is 14.5. The van der Waals surface area contributed by atoms with Crippen molar-refractivity contribution in [3.05, 3.63) is 59.7 Å². The Hall–Kier alpha value is -2.33. The standard InChI is InChI=1S/C20H24N2O2/c1-16-13-18(24-15-17-7-3-2-4-8-17)9-10-19(16)21-20(23)14-22-11-5-6-12-22/h2-4,7-10,13H,5-6,11-12,14-15H2,1H3,(H,21,23). The van der Waals surface area contributed by atoms with Gasteiger partial charge in [-0.25, -0.2) is 0 Å². The Bertz CT molecular complexity index is 679. The van der Waals surface area contributed by atoms with Crippen molar-refractivity contribution in [1.82, 2.24) is 4.90 Å². The van der Waals surface area contributed by atoms with Gasteiger partial charge in [0.15, 0.2) is 0 Å². The van der Waals surface area contributed by atoms with Crippen LogP contribution in [0.5, 0.6) is 5.75 Å². The topological polar surface area (TPSA) is 41.6 Å². The Morgan fingerprint density at radius 2 is 1.88 bits per heavy atom. The van der Waals surface area contributed by atoms with Crippen molar-refractivity contribution in [1.29, 1.82) is 0 Å². The highest BCUT2D eigenvalue weighted by atomic mass is 16.5. The summed E-state index contributed by atoms with van der Waals surface area (Å²) in [5.41, 5.74) is 3.00. The first-order valence-corrected chi connectivity index (χ1v) is 8.50. The fourth-order valence-electron chi connectivity index (χ4n) is 2.94. The van der Waals surface area contributed by atoms with Crippen molar-refractivity contribution < 1.29 is 9.53 Å². The van der Waals surface area contributed by atoms with E-state index in [2.05, 4.69) is 10.2 Å². The lowest BCUT2D eigenvalue weighted by molar-refractivity contribution is -0.117. The van der Waals surface area contributed by atoms with E-state index in [4.69, 9.17) is 4.74 Å². The quantitative estimate of drug-likeness (QED) is 0.882. The molecule has 0 unspecified atom stereocenters. The number of rotatable bonds is 6. The Morgan fingerprint density at radius 1 is 1.12 bits per heavy atom. The molecule has 1 saturated heterocycles. The Balaban J connectivity index is 1.54. The zero-order valence-electron chi connectivity index (χ0n) is 14.1. The van der Waals surface area contributed by atoms with E-state index in [9.17, 15) is 4.79 Å². The summed E-state index contributed by atoms with van der Waals surface area (Å²) in [6, 6.07) is 15.9. The van der Waals surface area contributed by atoms with Gasteiger partial charge >= 0.3 is 0 Å². The number of carbonyl (C=O) groups is 1.